The van der Waals surface area contributed by atoms with Crippen LogP contribution in [0.3, 0.4) is 0 Å². The zero-order chi connectivity index (χ0) is 22.9. The summed E-state index contributed by atoms with van der Waals surface area (Å²) in [5.41, 5.74) is 3.88. The van der Waals surface area contributed by atoms with Crippen molar-refractivity contribution >= 4 is 29.9 Å². The lowest BCUT2D eigenvalue weighted by molar-refractivity contribution is -0.126. The summed E-state index contributed by atoms with van der Waals surface area (Å²) in [6.07, 6.45) is 3.78. The fraction of sp³-hybridized carbons (Fsp3) is 0.304. The molecule has 1 saturated heterocycles. The van der Waals surface area contributed by atoms with Gasteiger partial charge in [0.1, 0.15) is 11.6 Å². The van der Waals surface area contributed by atoms with E-state index >= 15 is 0 Å². The highest BCUT2D eigenvalue weighted by Crippen LogP contribution is 2.17. The zero-order valence-corrected chi connectivity index (χ0v) is 17.5. The van der Waals surface area contributed by atoms with Gasteiger partial charge in [-0.1, -0.05) is 12.1 Å². The van der Waals surface area contributed by atoms with Crippen LogP contribution in [-0.4, -0.2) is 59.7 Å². The molecule has 1 aliphatic rings. The third kappa shape index (κ3) is 6.19. The molecule has 1 unspecified atom stereocenters. The second-order valence-electron chi connectivity index (χ2n) is 7.53. The Kier molecular flexibility index (Phi) is 8.02. The molecule has 2 amide bonds. The molecule has 0 aromatic heterocycles. The first kappa shape index (κ1) is 23.1. The SMILES string of the molecule is N=C/C(=N\Nc1ccc(F)cc1)C(=O)N(CCc1ccc(F)cc1)CC1CCCN1C=O. The maximum Gasteiger partial charge on any atom is 0.275 e. The van der Waals surface area contributed by atoms with E-state index in [2.05, 4.69) is 10.5 Å². The summed E-state index contributed by atoms with van der Waals surface area (Å²) in [5, 5.41) is 11.7. The van der Waals surface area contributed by atoms with Crippen LogP contribution in [0, 0.1) is 17.0 Å². The fourth-order valence-electron chi connectivity index (χ4n) is 3.59. The maximum atomic E-state index is 13.2. The van der Waals surface area contributed by atoms with E-state index in [1.807, 2.05) is 0 Å². The van der Waals surface area contributed by atoms with Crippen molar-refractivity contribution in [1.82, 2.24) is 9.80 Å². The minimum absolute atomic E-state index is 0.110. The van der Waals surface area contributed by atoms with Gasteiger partial charge in [0, 0.05) is 25.7 Å². The number of hydrogen-bond acceptors (Lipinski definition) is 5. The number of hydrazone groups is 1. The van der Waals surface area contributed by atoms with Crippen molar-refractivity contribution in [1.29, 1.82) is 5.41 Å². The van der Waals surface area contributed by atoms with Crippen molar-refractivity contribution < 1.29 is 18.4 Å². The molecule has 7 nitrogen and oxygen atoms in total. The van der Waals surface area contributed by atoms with Gasteiger partial charge in [-0.3, -0.25) is 15.0 Å². The number of hydrogen-bond donors (Lipinski definition) is 2. The number of halogens is 2. The number of anilines is 1. The fourth-order valence-corrected chi connectivity index (χ4v) is 3.59. The molecule has 168 valence electrons. The van der Waals surface area contributed by atoms with Crippen molar-refractivity contribution in [2.45, 2.75) is 25.3 Å². The highest BCUT2D eigenvalue weighted by atomic mass is 19.1. The monoisotopic (exact) mass is 441 g/mol. The van der Waals surface area contributed by atoms with E-state index in [9.17, 15) is 18.4 Å². The summed E-state index contributed by atoms with van der Waals surface area (Å²) in [4.78, 5) is 27.8. The number of carbonyl (C=O) groups is 2. The number of nitrogens with zero attached hydrogens (tertiary/aromatic N) is 3. The van der Waals surface area contributed by atoms with Gasteiger partial charge in [0.2, 0.25) is 6.41 Å². The van der Waals surface area contributed by atoms with Crippen LogP contribution in [0.2, 0.25) is 0 Å². The first-order valence-electron chi connectivity index (χ1n) is 10.3. The number of likely N-dealkylation sites (tertiary alicyclic amines) is 1. The molecule has 0 saturated carbocycles. The molecule has 1 fully saturated rings. The molecule has 3 rings (SSSR count). The van der Waals surface area contributed by atoms with Crippen LogP contribution >= 0.6 is 0 Å². The van der Waals surface area contributed by atoms with Crippen molar-refractivity contribution in [3.8, 4) is 0 Å². The average molecular weight is 441 g/mol. The molecule has 0 spiro atoms. The molecule has 2 aromatic carbocycles. The molecule has 0 aliphatic carbocycles. The molecule has 32 heavy (non-hydrogen) atoms. The Balaban J connectivity index is 1.75. The van der Waals surface area contributed by atoms with Gasteiger partial charge in [-0.15, -0.1) is 0 Å². The summed E-state index contributed by atoms with van der Waals surface area (Å²) in [6.45, 7) is 1.27. The molecule has 1 atom stereocenters. The average Bonchev–Trinajstić information content (AvgIpc) is 3.26. The van der Waals surface area contributed by atoms with Gasteiger partial charge in [-0.05, 0) is 61.2 Å². The normalized spacial score (nSPS) is 16.0. The van der Waals surface area contributed by atoms with E-state index in [-0.39, 0.29) is 17.6 Å². The maximum absolute atomic E-state index is 13.2. The Hall–Kier alpha value is -3.62. The van der Waals surface area contributed by atoms with Gasteiger partial charge in [-0.2, -0.15) is 5.10 Å². The first-order chi connectivity index (χ1) is 15.5. The van der Waals surface area contributed by atoms with E-state index in [0.717, 1.165) is 31.0 Å². The number of rotatable bonds is 10. The van der Waals surface area contributed by atoms with E-state index in [0.29, 0.717) is 31.7 Å². The number of amides is 2. The predicted molar refractivity (Wildman–Crippen MR) is 119 cm³/mol. The Labute approximate surface area is 185 Å². The van der Waals surface area contributed by atoms with Gasteiger partial charge in [0.15, 0.2) is 5.71 Å². The van der Waals surface area contributed by atoms with Crippen molar-refractivity contribution in [3.05, 3.63) is 65.7 Å². The van der Waals surface area contributed by atoms with E-state index in [1.54, 1.807) is 21.9 Å². The van der Waals surface area contributed by atoms with E-state index < -0.39 is 11.7 Å². The second kappa shape index (κ2) is 11.1. The summed E-state index contributed by atoms with van der Waals surface area (Å²) >= 11 is 0. The molecule has 2 aromatic rings. The van der Waals surface area contributed by atoms with Gasteiger partial charge in [-0.25, -0.2) is 8.78 Å². The molecule has 0 bridgehead atoms. The van der Waals surface area contributed by atoms with Gasteiger partial charge in [0.25, 0.3) is 5.91 Å². The quantitative estimate of drug-likeness (QED) is 0.337. The van der Waals surface area contributed by atoms with Gasteiger partial charge >= 0.3 is 0 Å². The molecule has 1 aliphatic heterocycles. The summed E-state index contributed by atoms with van der Waals surface area (Å²) in [6, 6.07) is 11.4. The van der Waals surface area contributed by atoms with Gasteiger partial charge in [0.05, 0.1) is 11.9 Å². The van der Waals surface area contributed by atoms with Gasteiger partial charge < -0.3 is 15.2 Å². The Bertz CT molecular complexity index is 963. The van der Waals surface area contributed by atoms with Crippen molar-refractivity contribution in [2.24, 2.45) is 5.10 Å². The lowest BCUT2D eigenvalue weighted by atomic mass is 10.1. The standard InChI is InChI=1S/C23H25F2N5O2/c24-18-5-3-17(4-6-18)11-13-29(15-21-2-1-12-30(21)16-31)23(32)22(14-26)28-27-20-9-7-19(25)8-10-20/h3-10,14,16,21,26-27H,1-2,11-13,15H2/b26-14?,28-22+. The second-order valence-corrected chi connectivity index (χ2v) is 7.53. The third-order valence-electron chi connectivity index (χ3n) is 5.37. The molecular formula is C23H25F2N5O2. The molecule has 0 radical (unpaired) electrons. The largest absolute Gasteiger partial charge is 0.340 e. The van der Waals surface area contributed by atoms with Crippen LogP contribution < -0.4 is 5.43 Å². The highest BCUT2D eigenvalue weighted by molar-refractivity contribution is 6.60. The summed E-state index contributed by atoms with van der Waals surface area (Å²) in [7, 11) is 0. The molecular weight excluding hydrogens is 416 g/mol. The predicted octanol–water partition coefficient (Wildman–Crippen LogP) is 3.07. The van der Waals surface area contributed by atoms with Crippen LogP contribution in [0.5, 0.6) is 0 Å². The molecule has 2 N–H and O–H groups in total. The topological polar surface area (TPSA) is 88.9 Å². The van der Waals surface area contributed by atoms with Crippen LogP contribution in [0.15, 0.2) is 53.6 Å². The Morgan fingerprint density at radius 2 is 1.81 bits per heavy atom. The number of carbonyl (C=O) groups excluding carboxylic acids is 2. The Morgan fingerprint density at radius 3 is 2.44 bits per heavy atom. The minimum atomic E-state index is -0.463. The number of nitrogens with one attached hydrogen (secondary N) is 2. The van der Waals surface area contributed by atoms with Crippen LogP contribution in [-0.2, 0) is 16.0 Å². The minimum Gasteiger partial charge on any atom is -0.340 e. The van der Waals surface area contributed by atoms with E-state index in [4.69, 9.17) is 5.41 Å². The molecule has 9 heteroatoms. The highest BCUT2D eigenvalue weighted by Gasteiger charge is 2.28. The number of benzene rings is 2. The van der Waals surface area contributed by atoms with E-state index in [1.165, 1.54) is 36.4 Å². The van der Waals surface area contributed by atoms with Crippen molar-refractivity contribution in [3.63, 3.8) is 0 Å². The first-order valence-corrected chi connectivity index (χ1v) is 10.3. The van der Waals surface area contributed by atoms with Crippen LogP contribution in [0.4, 0.5) is 14.5 Å². The van der Waals surface area contributed by atoms with Crippen molar-refractivity contribution in [2.75, 3.05) is 25.1 Å². The lowest BCUT2D eigenvalue weighted by Crippen LogP contribution is -2.46. The van der Waals surface area contributed by atoms with Crippen LogP contribution in [0.25, 0.3) is 0 Å². The van der Waals surface area contributed by atoms with Crippen LogP contribution in [0.1, 0.15) is 18.4 Å². The zero-order valence-electron chi connectivity index (χ0n) is 17.5. The third-order valence-corrected chi connectivity index (χ3v) is 5.37. The summed E-state index contributed by atoms with van der Waals surface area (Å²) < 4.78 is 26.3. The molecule has 1 heterocycles. The Morgan fingerprint density at radius 1 is 1.16 bits per heavy atom. The lowest BCUT2D eigenvalue weighted by Gasteiger charge is -2.29. The summed E-state index contributed by atoms with van der Waals surface area (Å²) in [5.74, 6) is -1.19. The smallest absolute Gasteiger partial charge is 0.275 e.